The molecule has 0 spiro atoms. The summed E-state index contributed by atoms with van der Waals surface area (Å²) < 4.78 is 5.74. The van der Waals surface area contributed by atoms with E-state index in [2.05, 4.69) is 35.8 Å². The summed E-state index contributed by atoms with van der Waals surface area (Å²) in [6.45, 7) is 3.15. The first-order valence-corrected chi connectivity index (χ1v) is 8.14. The van der Waals surface area contributed by atoms with Crippen molar-refractivity contribution in [3.8, 4) is 0 Å². The molecule has 1 amide bonds. The Kier molecular flexibility index (Phi) is 6.01. The molecule has 2 rings (SSSR count). The number of ether oxygens (including phenoxy) is 1. The smallest absolute Gasteiger partial charge is 0.223 e. The van der Waals surface area contributed by atoms with E-state index in [0.29, 0.717) is 13.0 Å². The van der Waals surface area contributed by atoms with E-state index in [1.165, 1.54) is 5.56 Å². The second-order valence-corrected chi connectivity index (χ2v) is 6.34. The Morgan fingerprint density at radius 3 is 3.10 bits per heavy atom. The van der Waals surface area contributed by atoms with Gasteiger partial charge in [-0.05, 0) is 49.3 Å². The molecule has 2 heterocycles. The fourth-order valence-corrected chi connectivity index (χ4v) is 3.07. The van der Waals surface area contributed by atoms with Crippen LogP contribution in [0.3, 0.4) is 0 Å². The van der Waals surface area contributed by atoms with Crippen LogP contribution in [0.5, 0.6) is 0 Å². The van der Waals surface area contributed by atoms with E-state index in [1.807, 2.05) is 4.90 Å². The van der Waals surface area contributed by atoms with Crippen LogP contribution in [0.4, 0.5) is 0 Å². The zero-order valence-electron chi connectivity index (χ0n) is 12.4. The molecule has 1 aromatic heterocycles. The monoisotopic (exact) mass is 296 g/mol. The lowest BCUT2D eigenvalue weighted by Crippen LogP contribution is -2.46. The molecule has 0 aliphatic carbocycles. The first kappa shape index (κ1) is 15.5. The maximum Gasteiger partial charge on any atom is 0.223 e. The summed E-state index contributed by atoms with van der Waals surface area (Å²) in [4.78, 5) is 16.4. The summed E-state index contributed by atoms with van der Waals surface area (Å²) in [6.07, 6.45) is 2.64. The second-order valence-electron chi connectivity index (χ2n) is 5.56. The predicted octanol–water partition coefficient (Wildman–Crippen LogP) is 1.86. The highest BCUT2D eigenvalue weighted by atomic mass is 32.1. The van der Waals surface area contributed by atoms with Crippen LogP contribution in [0.2, 0.25) is 0 Å². The average molecular weight is 296 g/mol. The molecule has 1 aromatic rings. The Labute approximate surface area is 125 Å². The van der Waals surface area contributed by atoms with E-state index >= 15 is 0 Å². The van der Waals surface area contributed by atoms with Crippen molar-refractivity contribution in [2.75, 3.05) is 40.3 Å². The van der Waals surface area contributed by atoms with Gasteiger partial charge in [-0.1, -0.05) is 0 Å². The SMILES string of the molecule is CN(C)CC[C@@H]1CN(C(=O)CCc2ccsc2)CCO1. The zero-order chi connectivity index (χ0) is 14.4. The van der Waals surface area contributed by atoms with Gasteiger partial charge in [-0.3, -0.25) is 4.79 Å². The van der Waals surface area contributed by atoms with Crippen molar-refractivity contribution in [1.29, 1.82) is 0 Å². The molecule has 20 heavy (non-hydrogen) atoms. The molecule has 0 aromatic carbocycles. The molecule has 1 saturated heterocycles. The quantitative estimate of drug-likeness (QED) is 0.803. The summed E-state index contributed by atoms with van der Waals surface area (Å²) in [5.41, 5.74) is 1.26. The van der Waals surface area contributed by atoms with Crippen molar-refractivity contribution < 1.29 is 9.53 Å². The van der Waals surface area contributed by atoms with Crippen molar-refractivity contribution in [1.82, 2.24) is 9.80 Å². The maximum atomic E-state index is 12.2. The van der Waals surface area contributed by atoms with Crippen LogP contribution in [0.15, 0.2) is 16.8 Å². The minimum Gasteiger partial charge on any atom is -0.374 e. The number of carbonyl (C=O) groups excluding carboxylic acids is 1. The summed E-state index contributed by atoms with van der Waals surface area (Å²) >= 11 is 1.69. The third-order valence-electron chi connectivity index (χ3n) is 3.60. The van der Waals surface area contributed by atoms with E-state index in [4.69, 9.17) is 4.74 Å². The minimum absolute atomic E-state index is 0.191. The number of amides is 1. The van der Waals surface area contributed by atoms with Gasteiger partial charge in [-0.25, -0.2) is 0 Å². The summed E-state index contributed by atoms with van der Waals surface area (Å²) in [7, 11) is 4.12. The van der Waals surface area contributed by atoms with Crippen LogP contribution in [0, 0.1) is 0 Å². The Balaban J connectivity index is 1.74. The van der Waals surface area contributed by atoms with Crippen molar-refractivity contribution in [3.63, 3.8) is 0 Å². The Morgan fingerprint density at radius 2 is 2.40 bits per heavy atom. The lowest BCUT2D eigenvalue weighted by atomic mass is 10.1. The number of thiophene rings is 1. The number of aryl methyl sites for hydroxylation is 1. The first-order valence-electron chi connectivity index (χ1n) is 7.20. The molecule has 112 valence electrons. The molecule has 1 atom stereocenters. The van der Waals surface area contributed by atoms with Crippen LogP contribution in [0.25, 0.3) is 0 Å². The van der Waals surface area contributed by atoms with Crippen LogP contribution >= 0.6 is 11.3 Å². The van der Waals surface area contributed by atoms with Crippen LogP contribution in [0.1, 0.15) is 18.4 Å². The van der Waals surface area contributed by atoms with Crippen molar-refractivity contribution in [2.45, 2.75) is 25.4 Å². The van der Waals surface area contributed by atoms with Gasteiger partial charge in [0.1, 0.15) is 0 Å². The van der Waals surface area contributed by atoms with Crippen LogP contribution in [-0.2, 0) is 16.0 Å². The average Bonchev–Trinajstić information content (AvgIpc) is 2.96. The highest BCUT2D eigenvalue weighted by Gasteiger charge is 2.23. The number of hydrogen-bond donors (Lipinski definition) is 0. The number of rotatable bonds is 6. The fraction of sp³-hybridized carbons (Fsp3) is 0.667. The Hall–Kier alpha value is -0.910. The van der Waals surface area contributed by atoms with Gasteiger partial charge in [0.15, 0.2) is 0 Å². The molecule has 1 aliphatic heterocycles. The first-order chi connectivity index (χ1) is 9.65. The Morgan fingerprint density at radius 1 is 1.55 bits per heavy atom. The molecular weight excluding hydrogens is 272 g/mol. The molecule has 0 saturated carbocycles. The van der Waals surface area contributed by atoms with E-state index in [0.717, 1.165) is 32.5 Å². The topological polar surface area (TPSA) is 32.8 Å². The number of morpholine rings is 1. The molecule has 0 bridgehead atoms. The van der Waals surface area contributed by atoms with Gasteiger partial charge >= 0.3 is 0 Å². The van der Waals surface area contributed by atoms with Crippen LogP contribution < -0.4 is 0 Å². The van der Waals surface area contributed by atoms with E-state index < -0.39 is 0 Å². The molecular formula is C15H24N2O2S. The van der Waals surface area contributed by atoms with Crippen molar-refractivity contribution in [2.24, 2.45) is 0 Å². The second kappa shape index (κ2) is 7.76. The molecule has 5 heteroatoms. The molecule has 1 aliphatic rings. The molecule has 4 nitrogen and oxygen atoms in total. The van der Waals surface area contributed by atoms with Gasteiger partial charge in [0, 0.05) is 26.1 Å². The lowest BCUT2D eigenvalue weighted by molar-refractivity contribution is -0.139. The molecule has 1 fully saturated rings. The molecule has 0 N–H and O–H groups in total. The summed E-state index contributed by atoms with van der Waals surface area (Å²) in [6, 6.07) is 2.09. The Bertz CT molecular complexity index is 406. The van der Waals surface area contributed by atoms with Crippen molar-refractivity contribution >= 4 is 17.2 Å². The lowest BCUT2D eigenvalue weighted by Gasteiger charge is -2.33. The van der Waals surface area contributed by atoms with E-state index in [1.54, 1.807) is 11.3 Å². The third-order valence-corrected chi connectivity index (χ3v) is 4.33. The van der Waals surface area contributed by atoms with E-state index in [9.17, 15) is 4.79 Å². The summed E-state index contributed by atoms with van der Waals surface area (Å²) in [5.74, 6) is 0.259. The maximum absolute atomic E-state index is 12.2. The van der Waals surface area contributed by atoms with Crippen LogP contribution in [-0.4, -0.2) is 62.1 Å². The highest BCUT2D eigenvalue weighted by Crippen LogP contribution is 2.13. The normalized spacial score (nSPS) is 19.6. The van der Waals surface area contributed by atoms with E-state index in [-0.39, 0.29) is 12.0 Å². The zero-order valence-corrected chi connectivity index (χ0v) is 13.2. The van der Waals surface area contributed by atoms with Gasteiger partial charge in [0.25, 0.3) is 0 Å². The standard InChI is InChI=1S/C15H24N2O2S/c1-16(2)7-5-14-11-17(8-9-19-14)15(18)4-3-13-6-10-20-12-13/h6,10,12,14H,3-5,7-9,11H2,1-2H3/t14-/m1/s1. The predicted molar refractivity (Wildman–Crippen MR) is 82.1 cm³/mol. The molecule has 0 radical (unpaired) electrons. The minimum atomic E-state index is 0.191. The number of hydrogen-bond acceptors (Lipinski definition) is 4. The largest absolute Gasteiger partial charge is 0.374 e. The van der Waals surface area contributed by atoms with Gasteiger partial charge in [0.2, 0.25) is 5.91 Å². The van der Waals surface area contributed by atoms with Crippen molar-refractivity contribution in [3.05, 3.63) is 22.4 Å². The van der Waals surface area contributed by atoms with Gasteiger partial charge < -0.3 is 14.5 Å². The van der Waals surface area contributed by atoms with Gasteiger partial charge in [0.05, 0.1) is 12.7 Å². The number of carbonyl (C=O) groups is 1. The molecule has 0 unspecified atom stereocenters. The third kappa shape index (κ3) is 4.89. The van der Waals surface area contributed by atoms with Gasteiger partial charge in [-0.2, -0.15) is 11.3 Å². The van der Waals surface area contributed by atoms with Gasteiger partial charge in [-0.15, -0.1) is 0 Å². The number of nitrogens with zero attached hydrogens (tertiary/aromatic N) is 2. The summed E-state index contributed by atoms with van der Waals surface area (Å²) in [5, 5.41) is 4.18. The highest BCUT2D eigenvalue weighted by molar-refractivity contribution is 7.07. The fourth-order valence-electron chi connectivity index (χ4n) is 2.37.